The molecule has 1 aliphatic carbocycles. The van der Waals surface area contributed by atoms with E-state index in [4.69, 9.17) is 18.9 Å². The van der Waals surface area contributed by atoms with Gasteiger partial charge in [0.25, 0.3) is 0 Å². The van der Waals surface area contributed by atoms with Crippen molar-refractivity contribution in [3.8, 4) is 5.75 Å². The Balaban J connectivity index is 1.04. The molecule has 1 aromatic heterocycles. The number of amides is 1. The predicted molar refractivity (Wildman–Crippen MR) is 204 cm³/mol. The van der Waals surface area contributed by atoms with Crippen LogP contribution >= 0.6 is 0 Å². The molecule has 0 bridgehead atoms. The summed E-state index contributed by atoms with van der Waals surface area (Å²) >= 11 is 0. The average Bonchev–Trinajstić information content (AvgIpc) is 4.04. The van der Waals surface area contributed by atoms with Crippen molar-refractivity contribution < 1.29 is 59.1 Å². The van der Waals surface area contributed by atoms with E-state index in [1.807, 2.05) is 24.4 Å². The molecule has 16 heteroatoms. The quantitative estimate of drug-likeness (QED) is 0.0677. The molecule has 7 heterocycles. The van der Waals surface area contributed by atoms with Crippen LogP contribution in [-0.2, 0) is 21.0 Å². The highest BCUT2D eigenvalue weighted by Crippen LogP contribution is 2.49. The highest BCUT2D eigenvalue weighted by molar-refractivity contribution is 5.90. The number of fused-ring (bicyclic) bond motifs is 4. The van der Waals surface area contributed by atoms with Gasteiger partial charge in [-0.25, -0.2) is 9.78 Å². The smallest absolute Gasteiger partial charge is 0.222 e. The number of ether oxygens (including phenoxy) is 1. The molecule has 1 saturated heterocycles. The molecule has 16 nitrogen and oxygen atoms in total. The Morgan fingerprint density at radius 1 is 1.12 bits per heavy atom. The molecule has 6 aliphatic heterocycles. The maximum absolute atomic E-state index is 13.5. The summed E-state index contributed by atoms with van der Waals surface area (Å²) in [6.45, 7) is 1.52. The minimum absolute atomic E-state index is 0.0131. The molecule has 0 radical (unpaired) electrons. The first-order chi connectivity index (χ1) is 27.5. The second-order valence-corrected chi connectivity index (χ2v) is 16.2. The van der Waals surface area contributed by atoms with Crippen molar-refractivity contribution in [2.45, 2.75) is 68.2 Å². The number of aliphatic imine (C=N–C) groups is 2. The average molecular weight is 786 g/mol. The van der Waals surface area contributed by atoms with Crippen LogP contribution in [0.3, 0.4) is 0 Å². The van der Waals surface area contributed by atoms with Crippen LogP contribution in [0.15, 0.2) is 90.6 Å². The number of aliphatic hydroxyl groups excluding tert-OH is 4. The van der Waals surface area contributed by atoms with E-state index < -0.39 is 48.8 Å². The molecule has 1 amide bonds. The largest absolute Gasteiger partial charge is 0.477 e. The summed E-state index contributed by atoms with van der Waals surface area (Å²) in [6, 6.07) is 3.22. The number of quaternary nitrogens is 2. The number of aryl methyl sites for hydroxylation is 1. The third-order valence-electron chi connectivity index (χ3n) is 12.5. The van der Waals surface area contributed by atoms with E-state index in [1.54, 1.807) is 31.5 Å². The van der Waals surface area contributed by atoms with E-state index in [2.05, 4.69) is 21.4 Å². The molecule has 2 aromatic rings. The lowest BCUT2D eigenvalue weighted by Crippen LogP contribution is -3.11. The van der Waals surface area contributed by atoms with Crippen LogP contribution in [0.2, 0.25) is 0 Å². The second kappa shape index (κ2) is 14.6. The van der Waals surface area contributed by atoms with Crippen LogP contribution in [0, 0.1) is 18.8 Å². The number of carbonyl (C=O) groups is 1. The third kappa shape index (κ3) is 6.64. The summed E-state index contributed by atoms with van der Waals surface area (Å²) in [5.74, 6) is 0.969. The zero-order valence-electron chi connectivity index (χ0n) is 31.4. The molecule has 2 unspecified atom stereocenters. The molecule has 300 valence electrons. The fraction of sp³-hybridized carbons (Fsp3) is 0.463. The maximum atomic E-state index is 13.5. The number of aliphatic hydroxyl groups is 5. The lowest BCUT2D eigenvalue weighted by Gasteiger charge is -2.47. The van der Waals surface area contributed by atoms with Gasteiger partial charge in [0.15, 0.2) is 22.5 Å². The van der Waals surface area contributed by atoms with Crippen LogP contribution in [0.25, 0.3) is 11.0 Å². The number of nitrogens with one attached hydrogen (secondary N) is 3. The van der Waals surface area contributed by atoms with Crippen molar-refractivity contribution >= 4 is 35.0 Å². The standard InChI is InChI=1S/C41H45N5O11/c1-22-11-31(48)27-12-25-13-34(57-54-20-33(50)41(53,39(52)32(49)19-47)21-45-10-6-28-30(45)5-9-42-28)40(7-2-3-23(15-40)26-14-35(51)44-16-26)56-37(25)36(38(27)55-22)46-17-24-4-8-43-29(24)18-46/h2-6,8-9,11-12,18,23,26,32-34,39,47,49-50,52-53H,7,10,13-17,19-21H2,1H3,(H,44,51)/p+2/t23-,26+,32-,33+,34-,39-,40-,41-/m1/s1. The first kappa shape index (κ1) is 37.9. The zero-order chi connectivity index (χ0) is 39.6. The van der Waals surface area contributed by atoms with Crippen molar-refractivity contribution in [3.63, 3.8) is 0 Å². The number of allylic oxidation sites excluding steroid dienone is 3. The summed E-state index contributed by atoms with van der Waals surface area (Å²) in [7, 11) is 0. The van der Waals surface area contributed by atoms with Crippen LogP contribution in [0.4, 0.5) is 5.69 Å². The van der Waals surface area contributed by atoms with E-state index in [-0.39, 0.29) is 36.1 Å². The van der Waals surface area contributed by atoms with Gasteiger partial charge < -0.3 is 40.0 Å². The highest BCUT2D eigenvalue weighted by atomic mass is 17.2. The molecule has 1 fully saturated rings. The van der Waals surface area contributed by atoms with Gasteiger partial charge in [0.1, 0.15) is 79.6 Å². The first-order valence-corrected chi connectivity index (χ1v) is 19.5. The minimum atomic E-state index is -2.35. The van der Waals surface area contributed by atoms with Gasteiger partial charge in [0.2, 0.25) is 17.2 Å². The summed E-state index contributed by atoms with van der Waals surface area (Å²) in [5.41, 5.74) is 1.55. The fourth-order valence-corrected chi connectivity index (χ4v) is 9.44. The lowest BCUT2D eigenvalue weighted by molar-refractivity contribution is -0.856. The highest BCUT2D eigenvalue weighted by Gasteiger charge is 2.54. The third-order valence-corrected chi connectivity index (χ3v) is 12.5. The molecule has 10 atom stereocenters. The topological polar surface area (TPSA) is 222 Å². The number of nitrogens with zero attached hydrogens (tertiary/aromatic N) is 2. The van der Waals surface area contributed by atoms with Gasteiger partial charge in [-0.1, -0.05) is 12.2 Å². The van der Waals surface area contributed by atoms with Crippen molar-refractivity contribution in [3.05, 3.63) is 92.9 Å². The zero-order valence-corrected chi connectivity index (χ0v) is 31.4. The summed E-state index contributed by atoms with van der Waals surface area (Å²) in [5, 5.41) is 58.0. The van der Waals surface area contributed by atoms with E-state index in [0.717, 1.165) is 27.6 Å². The predicted octanol–water partition coefficient (Wildman–Crippen LogP) is -1.87. The van der Waals surface area contributed by atoms with Gasteiger partial charge in [0, 0.05) is 67.6 Å². The van der Waals surface area contributed by atoms with E-state index in [0.29, 0.717) is 77.5 Å². The number of carbonyl (C=O) groups excluding carboxylic acids is 1. The maximum Gasteiger partial charge on any atom is 0.222 e. The number of hydrogen-bond acceptors (Lipinski definition) is 13. The van der Waals surface area contributed by atoms with Gasteiger partial charge in [-0.15, -0.1) is 0 Å². The van der Waals surface area contributed by atoms with Gasteiger partial charge in [-0.3, -0.25) is 29.4 Å². The van der Waals surface area contributed by atoms with Gasteiger partial charge in [-0.2, -0.15) is 0 Å². The molecule has 1 aromatic carbocycles. The van der Waals surface area contributed by atoms with Crippen molar-refractivity contribution in [2.24, 2.45) is 21.8 Å². The van der Waals surface area contributed by atoms with Crippen LogP contribution in [0.1, 0.15) is 30.6 Å². The van der Waals surface area contributed by atoms with Crippen LogP contribution in [0.5, 0.6) is 5.75 Å². The Morgan fingerprint density at radius 3 is 2.74 bits per heavy atom. The van der Waals surface area contributed by atoms with Gasteiger partial charge in [-0.05, 0) is 37.3 Å². The van der Waals surface area contributed by atoms with Gasteiger partial charge in [0.05, 0.1) is 12.0 Å². The molecule has 0 saturated carbocycles. The van der Waals surface area contributed by atoms with Crippen molar-refractivity contribution in [2.75, 3.05) is 39.4 Å². The summed E-state index contributed by atoms with van der Waals surface area (Å²) in [4.78, 5) is 48.3. The monoisotopic (exact) mass is 785 g/mol. The number of benzene rings is 1. The van der Waals surface area contributed by atoms with E-state index >= 15 is 0 Å². The van der Waals surface area contributed by atoms with Crippen molar-refractivity contribution in [1.29, 1.82) is 0 Å². The Kier molecular flexibility index (Phi) is 9.74. The normalized spacial score (nSPS) is 30.9. The molecular weight excluding hydrogens is 738 g/mol. The van der Waals surface area contributed by atoms with E-state index in [9.17, 15) is 35.1 Å². The molecule has 57 heavy (non-hydrogen) atoms. The van der Waals surface area contributed by atoms with Crippen molar-refractivity contribution in [1.82, 2.24) is 5.32 Å². The fourth-order valence-electron chi connectivity index (χ4n) is 9.44. The summed E-state index contributed by atoms with van der Waals surface area (Å²) < 4.78 is 13.5. The van der Waals surface area contributed by atoms with Crippen LogP contribution in [-0.4, -0.2) is 119 Å². The Morgan fingerprint density at radius 2 is 1.95 bits per heavy atom. The first-order valence-electron chi connectivity index (χ1n) is 19.5. The Hall–Kier alpha value is -4.62. The Labute approximate surface area is 327 Å². The second-order valence-electron chi connectivity index (χ2n) is 16.2. The molecule has 8 N–H and O–H groups in total. The number of rotatable bonds is 12. The number of hydrogen-bond donors (Lipinski definition) is 8. The van der Waals surface area contributed by atoms with E-state index in [1.165, 1.54) is 6.07 Å². The Bertz CT molecular complexity index is 2280. The minimum Gasteiger partial charge on any atom is -0.477 e. The SMILES string of the molecule is Cc1cc(=O)c2cc3c(c([NH+]4C=C5N=CC=C5C4)c2o1)O[C@@]1(CC=C[C@@H]([C@@H]2CNC(=O)C2)C1)[C@H](OOC[C@H](O)[C@](O)(C[NH+]1CC=C2N=CC=C21)[C@H](O)[C@H](O)CO)C3. The lowest BCUT2D eigenvalue weighted by atomic mass is 9.71. The molecule has 9 rings (SSSR count). The molecular formula is C41H47N5O11+2. The summed E-state index contributed by atoms with van der Waals surface area (Å²) in [6.07, 6.45) is 10.3. The molecule has 7 aliphatic rings. The molecule has 1 spiro atoms. The van der Waals surface area contributed by atoms with Crippen LogP contribution < -0.4 is 25.3 Å². The van der Waals surface area contributed by atoms with Gasteiger partial charge >= 0.3 is 0 Å².